The fourth-order valence-corrected chi connectivity index (χ4v) is 5.28. The van der Waals surface area contributed by atoms with Crippen LogP contribution in [0.1, 0.15) is 39.8 Å². The van der Waals surface area contributed by atoms with Crippen LogP contribution in [0.5, 0.6) is 0 Å². The summed E-state index contributed by atoms with van der Waals surface area (Å²) in [6.07, 6.45) is 0. The second-order valence-corrected chi connectivity index (χ2v) is 9.83. The van der Waals surface area contributed by atoms with Crippen molar-refractivity contribution >= 4 is 43.1 Å². The number of benzene rings is 9. The van der Waals surface area contributed by atoms with E-state index in [0.717, 1.165) is 6.07 Å². The zero-order valence-corrected chi connectivity index (χ0v) is 23.1. The highest BCUT2D eigenvalue weighted by molar-refractivity contribution is 6.24. The van der Waals surface area contributed by atoms with Crippen molar-refractivity contribution < 1.29 is 39.8 Å². The first-order valence-corrected chi connectivity index (χ1v) is 13.6. The molecule has 0 spiro atoms. The van der Waals surface area contributed by atoms with Gasteiger partial charge in [0.25, 0.3) is 0 Å². The van der Waals surface area contributed by atoms with Gasteiger partial charge in [-0.3, -0.25) is 0 Å². The summed E-state index contributed by atoms with van der Waals surface area (Å²) in [4.78, 5) is 0. The van der Waals surface area contributed by atoms with Crippen molar-refractivity contribution in [2.24, 2.45) is 0 Å². The Bertz CT molecular complexity index is 4180. The third-order valence-electron chi connectivity index (χ3n) is 7.26. The van der Waals surface area contributed by atoms with Crippen LogP contribution >= 0.6 is 0 Å². The van der Waals surface area contributed by atoms with Crippen LogP contribution in [0.15, 0.2) is 181 Å². The Kier molecular flexibility index (Phi) is 2.43. The van der Waals surface area contributed by atoms with E-state index >= 15 is 0 Å². The van der Waals surface area contributed by atoms with Crippen molar-refractivity contribution in [3.05, 3.63) is 181 Å². The van der Waals surface area contributed by atoms with Crippen LogP contribution in [0.4, 0.5) is 0 Å². The summed E-state index contributed by atoms with van der Waals surface area (Å²) in [5.41, 5.74) is -6.71. The molecule has 0 unspecified atom stereocenters. The van der Waals surface area contributed by atoms with Gasteiger partial charge in [-0.25, -0.2) is 0 Å². The minimum Gasteiger partial charge on any atom is -0.0622 e. The third kappa shape index (κ3) is 4.38. The third-order valence-corrected chi connectivity index (χ3v) is 7.26. The summed E-state index contributed by atoms with van der Waals surface area (Å²) in [6.45, 7) is 0. The molecule has 0 fully saturated rings. The largest absolute Gasteiger partial charge is 0.0636 e. The molecule has 0 N–H and O–H groups in total. The highest BCUT2D eigenvalue weighted by atomic mass is 14.2. The van der Waals surface area contributed by atoms with Gasteiger partial charge in [0.2, 0.25) is 0 Å². The lowest BCUT2D eigenvalue weighted by molar-refractivity contribution is 1.62. The van der Waals surface area contributed by atoms with Crippen LogP contribution < -0.4 is 0 Å². The van der Waals surface area contributed by atoms with Gasteiger partial charge in [-0.15, -0.1) is 0 Å². The Morgan fingerprint density at radius 3 is 1.76 bits per heavy atom. The summed E-state index contributed by atoms with van der Waals surface area (Å²) in [7, 11) is 0. The Balaban J connectivity index is 1.67. The average molecular weight is 612 g/mol. The lowest BCUT2D eigenvalue weighted by atomic mass is 9.83. The van der Waals surface area contributed by atoms with Gasteiger partial charge in [-0.05, 0) is 106 Å². The van der Waals surface area contributed by atoms with E-state index in [1.807, 2.05) is 0 Å². The molecule has 0 nitrogen and oxygen atoms in total. The zero-order chi connectivity index (χ0) is 55.7. The zero-order valence-electron chi connectivity index (χ0n) is 52.1. The van der Waals surface area contributed by atoms with Crippen molar-refractivity contribution in [2.75, 3.05) is 0 Å². The molecule has 9 aromatic carbocycles. The van der Waals surface area contributed by atoms with Crippen LogP contribution in [0.3, 0.4) is 0 Å². The van der Waals surface area contributed by atoms with E-state index < -0.39 is 263 Å². The lowest BCUT2D eigenvalue weighted by Crippen LogP contribution is -1.93. The Hall–Kier alpha value is -5.98. The molecule has 0 aliphatic rings. The quantitative estimate of drug-likeness (QED) is 0.174. The smallest absolute Gasteiger partial charge is 0.0622 e. The Labute approximate surface area is 309 Å². The molecule has 0 aliphatic carbocycles. The Morgan fingerprint density at radius 1 is 0.283 bits per heavy atom. The monoisotopic (exact) mass is 611 g/mol. The van der Waals surface area contributed by atoms with Crippen molar-refractivity contribution in [1.29, 1.82) is 0 Å². The van der Waals surface area contributed by atoms with Crippen LogP contribution in [0.25, 0.3) is 87.6 Å². The summed E-state index contributed by atoms with van der Waals surface area (Å²) in [5, 5.41) is -5.45. The molecule has 0 aliphatic heterocycles. The van der Waals surface area contributed by atoms with Crippen LogP contribution in [-0.2, 0) is 0 Å². The first-order valence-electron chi connectivity index (χ1n) is 28.1. The van der Waals surface area contributed by atoms with Gasteiger partial charge >= 0.3 is 0 Å². The van der Waals surface area contributed by atoms with Crippen LogP contribution in [0.2, 0.25) is 0 Å². The summed E-state index contributed by atoms with van der Waals surface area (Å²) in [5.74, 6) is 0. The second kappa shape index (κ2) is 10.9. The second-order valence-electron chi connectivity index (χ2n) is 9.83. The molecule has 214 valence electrons. The van der Waals surface area contributed by atoms with Gasteiger partial charge in [0.05, 0.1) is 39.8 Å². The minimum absolute atomic E-state index is 0.440. The highest BCUT2D eigenvalue weighted by Gasteiger charge is 2.19. The average Bonchev–Trinajstić information content (AvgIpc) is 3.37. The van der Waals surface area contributed by atoms with E-state index in [1.54, 1.807) is 0 Å². The van der Waals surface area contributed by atoms with E-state index in [0.29, 0.717) is 0 Å². The molecule has 9 aromatic rings. The van der Waals surface area contributed by atoms with Gasteiger partial charge in [0, 0.05) is 0 Å². The van der Waals surface area contributed by atoms with Crippen LogP contribution in [-0.4, -0.2) is 0 Å². The fraction of sp³-hybridized carbons (Fsp3) is 0. The molecule has 46 heavy (non-hydrogen) atoms. The normalized spacial score (nSPS) is 20.3. The highest BCUT2D eigenvalue weighted by Crippen LogP contribution is 2.46. The maximum absolute atomic E-state index is 10.1. The number of fused-ring (bicyclic) bond motifs is 4. The molecule has 0 amide bonds. The van der Waals surface area contributed by atoms with Crippen LogP contribution in [0, 0.1) is 0 Å². The standard InChI is InChI=1S/C46H30/c1-2-12-31(13-3-1)37-26-27-43-44(30-37)45(38-19-10-18-35(29-38)36-25-24-32-14-4-5-16-34(32)28-36)41-21-8-9-22-42(41)46(43)40-23-11-17-33-15-6-7-20-39(33)40/h1-30H/i1D,2D,3D,4D,5D,6D,7D,8D,9D,10D,11D,12D,13D,14D,15D,16D,17D,18D,19D,21D,22D,23D,24D,25D,26D,27D,28D,29D,30D. The number of hydrogen-bond acceptors (Lipinski definition) is 0. The van der Waals surface area contributed by atoms with Gasteiger partial charge in [-0.2, -0.15) is 0 Å². The number of rotatable bonds is 4. The lowest BCUT2D eigenvalue weighted by Gasteiger charge is -2.20. The minimum atomic E-state index is -1.14. The van der Waals surface area contributed by atoms with E-state index in [-0.39, 0.29) is 0 Å². The molecule has 0 atom stereocenters. The summed E-state index contributed by atoms with van der Waals surface area (Å²) >= 11 is 0. The fourth-order valence-electron chi connectivity index (χ4n) is 5.28. The maximum Gasteiger partial charge on any atom is 0.0636 e. The van der Waals surface area contributed by atoms with E-state index in [9.17, 15) is 13.7 Å². The number of hydrogen-bond donors (Lipinski definition) is 0. The molecule has 0 radical (unpaired) electrons. The van der Waals surface area contributed by atoms with Gasteiger partial charge in [0.1, 0.15) is 0 Å². The van der Waals surface area contributed by atoms with E-state index in [1.165, 1.54) is 0 Å². The van der Waals surface area contributed by atoms with Crippen molar-refractivity contribution in [3.8, 4) is 44.5 Å². The SMILES string of the molecule is [2H]c1cc2c(-c3c4c([2H])c([2H])c([2H])c([2H])c4c(-c4c([2H])c([2H])c([2H])c(-c5c([2H])c([2H])c6c([2H])c([2H])c([2H])c([2H])c6c5[2H])c4[2H])c4c([2H])c(-c5c([2H])c([2H])c([2H])c([2H])c5[2H])c([2H])c([2H])c34)c([2H])c([2H])c([2H])c2c([2H])c1[2H]. The molecule has 0 heterocycles. The molecular weight excluding hydrogens is 553 g/mol. The maximum atomic E-state index is 10.1. The molecule has 9 rings (SSSR count). The predicted octanol–water partition coefficient (Wildman–Crippen LogP) is 13.0. The molecule has 0 saturated carbocycles. The molecule has 0 heteroatoms. The summed E-state index contributed by atoms with van der Waals surface area (Å²) in [6, 6.07) is -27.0. The van der Waals surface area contributed by atoms with Crippen molar-refractivity contribution in [1.82, 2.24) is 0 Å². The summed E-state index contributed by atoms with van der Waals surface area (Å²) < 4.78 is 261. The predicted molar refractivity (Wildman–Crippen MR) is 198 cm³/mol. The van der Waals surface area contributed by atoms with Gasteiger partial charge in [0.15, 0.2) is 0 Å². The first kappa shape index (κ1) is 10.3. The Morgan fingerprint density at radius 2 is 0.870 bits per heavy atom. The topological polar surface area (TPSA) is 0 Å². The molecule has 0 saturated heterocycles. The van der Waals surface area contributed by atoms with E-state index in [4.69, 9.17) is 26.0 Å². The van der Waals surface area contributed by atoms with E-state index in [2.05, 4.69) is 0 Å². The van der Waals surface area contributed by atoms with Crippen molar-refractivity contribution in [3.63, 3.8) is 0 Å². The molecular formula is C46H30. The molecule has 0 aromatic heterocycles. The first-order chi connectivity index (χ1) is 34.9. The molecule has 0 bridgehead atoms. The van der Waals surface area contributed by atoms with Gasteiger partial charge in [-0.1, -0.05) is 163 Å². The van der Waals surface area contributed by atoms with Gasteiger partial charge < -0.3 is 0 Å². The van der Waals surface area contributed by atoms with Crippen molar-refractivity contribution in [2.45, 2.75) is 0 Å².